The number of methoxy groups -OCH3 is 1. The summed E-state index contributed by atoms with van der Waals surface area (Å²) in [6, 6.07) is -0.188. The van der Waals surface area contributed by atoms with E-state index < -0.39 is 10.0 Å². The maximum atomic E-state index is 11.6. The van der Waals surface area contributed by atoms with Crippen LogP contribution in [0, 0.1) is 5.92 Å². The molecule has 0 rings (SSSR count). The molecule has 4 nitrogen and oxygen atoms in total. The molecule has 0 radical (unpaired) electrons. The van der Waals surface area contributed by atoms with Gasteiger partial charge in [0.15, 0.2) is 0 Å². The molecule has 0 amide bonds. The predicted octanol–water partition coefficient (Wildman–Crippen LogP) is 1.36. The first-order valence-electron chi connectivity index (χ1n) is 4.96. The SMILES string of the molecule is COCC(CBr)NS(=O)(=O)CCC(C)C. The minimum absolute atomic E-state index is 0.178. The molecule has 0 aliphatic heterocycles. The van der Waals surface area contributed by atoms with Gasteiger partial charge in [-0.1, -0.05) is 29.8 Å². The highest BCUT2D eigenvalue weighted by atomic mass is 79.9. The standard InChI is InChI=1S/C9H20BrNO3S/c1-8(2)4-5-15(12,13)11-9(6-10)7-14-3/h8-9,11H,4-7H2,1-3H3. The molecule has 0 spiro atoms. The van der Waals surface area contributed by atoms with E-state index in [0.717, 1.165) is 0 Å². The average molecular weight is 302 g/mol. The van der Waals surface area contributed by atoms with E-state index >= 15 is 0 Å². The van der Waals surface area contributed by atoms with Crippen LogP contribution < -0.4 is 4.72 Å². The molecule has 0 heterocycles. The fourth-order valence-electron chi connectivity index (χ4n) is 1.01. The van der Waals surface area contributed by atoms with Crippen molar-refractivity contribution in [3.05, 3.63) is 0 Å². The van der Waals surface area contributed by atoms with Gasteiger partial charge in [0.2, 0.25) is 10.0 Å². The molecule has 0 saturated carbocycles. The molecule has 1 unspecified atom stereocenters. The average Bonchev–Trinajstić information content (AvgIpc) is 2.14. The molecule has 0 aromatic rings. The maximum absolute atomic E-state index is 11.6. The summed E-state index contributed by atoms with van der Waals surface area (Å²) in [5.41, 5.74) is 0. The molecular formula is C9H20BrNO3S. The van der Waals surface area contributed by atoms with E-state index in [0.29, 0.717) is 24.3 Å². The number of ether oxygens (including phenoxy) is 1. The smallest absolute Gasteiger partial charge is 0.211 e. The van der Waals surface area contributed by atoms with Gasteiger partial charge >= 0.3 is 0 Å². The summed E-state index contributed by atoms with van der Waals surface area (Å²) in [4.78, 5) is 0. The molecule has 0 fully saturated rings. The number of hydrogen-bond donors (Lipinski definition) is 1. The third kappa shape index (κ3) is 8.19. The lowest BCUT2D eigenvalue weighted by atomic mass is 10.2. The third-order valence-corrected chi connectivity index (χ3v) is 4.11. The highest BCUT2D eigenvalue weighted by Crippen LogP contribution is 2.03. The van der Waals surface area contributed by atoms with E-state index in [9.17, 15) is 8.42 Å². The van der Waals surface area contributed by atoms with E-state index in [1.807, 2.05) is 13.8 Å². The lowest BCUT2D eigenvalue weighted by molar-refractivity contribution is 0.182. The molecule has 6 heteroatoms. The summed E-state index contributed by atoms with van der Waals surface area (Å²) in [7, 11) is -1.62. The Kier molecular flexibility index (Phi) is 7.77. The van der Waals surface area contributed by atoms with Crippen LogP contribution in [0.25, 0.3) is 0 Å². The van der Waals surface area contributed by atoms with Crippen molar-refractivity contribution >= 4 is 26.0 Å². The highest BCUT2D eigenvalue weighted by Gasteiger charge is 2.17. The fraction of sp³-hybridized carbons (Fsp3) is 1.00. The van der Waals surface area contributed by atoms with Crippen molar-refractivity contribution < 1.29 is 13.2 Å². The maximum Gasteiger partial charge on any atom is 0.211 e. The fourth-order valence-corrected chi connectivity index (χ4v) is 3.14. The van der Waals surface area contributed by atoms with Gasteiger partial charge in [-0.05, 0) is 12.3 Å². The zero-order chi connectivity index (χ0) is 11.9. The largest absolute Gasteiger partial charge is 0.383 e. The normalized spacial score (nSPS) is 14.5. The summed E-state index contributed by atoms with van der Waals surface area (Å²) in [5, 5.41) is 0.557. The van der Waals surface area contributed by atoms with Crippen molar-refractivity contribution in [1.29, 1.82) is 0 Å². The predicted molar refractivity (Wildman–Crippen MR) is 65.8 cm³/mol. The van der Waals surface area contributed by atoms with Gasteiger partial charge in [-0.3, -0.25) is 0 Å². The summed E-state index contributed by atoms with van der Waals surface area (Å²) in [6.45, 7) is 4.39. The topological polar surface area (TPSA) is 55.4 Å². The Balaban J connectivity index is 4.10. The van der Waals surface area contributed by atoms with Crippen molar-refractivity contribution in [2.75, 3.05) is 24.8 Å². The van der Waals surface area contributed by atoms with Crippen molar-refractivity contribution in [1.82, 2.24) is 4.72 Å². The van der Waals surface area contributed by atoms with Gasteiger partial charge in [0.1, 0.15) is 0 Å². The monoisotopic (exact) mass is 301 g/mol. The van der Waals surface area contributed by atoms with E-state index in [1.165, 1.54) is 0 Å². The second kappa shape index (κ2) is 7.60. The Morgan fingerprint density at radius 2 is 2.00 bits per heavy atom. The van der Waals surface area contributed by atoms with E-state index in [-0.39, 0.29) is 11.8 Å². The van der Waals surface area contributed by atoms with Crippen LogP contribution in [0.15, 0.2) is 0 Å². The number of nitrogens with one attached hydrogen (secondary N) is 1. The van der Waals surface area contributed by atoms with Gasteiger partial charge in [-0.2, -0.15) is 0 Å². The summed E-state index contributed by atoms with van der Waals surface area (Å²) < 4.78 is 30.7. The first-order valence-corrected chi connectivity index (χ1v) is 7.73. The molecule has 0 aliphatic carbocycles. The van der Waals surface area contributed by atoms with Crippen LogP contribution in [0.4, 0.5) is 0 Å². The lowest BCUT2D eigenvalue weighted by Crippen LogP contribution is -2.40. The van der Waals surface area contributed by atoms with E-state index in [4.69, 9.17) is 4.74 Å². The Hall–Kier alpha value is 0.350. The Bertz CT molecular complexity index is 254. The van der Waals surface area contributed by atoms with Gasteiger partial charge in [-0.15, -0.1) is 0 Å². The zero-order valence-electron chi connectivity index (χ0n) is 9.49. The van der Waals surface area contributed by atoms with Gasteiger partial charge in [0.05, 0.1) is 18.4 Å². The zero-order valence-corrected chi connectivity index (χ0v) is 11.9. The molecular weight excluding hydrogens is 282 g/mol. The Morgan fingerprint density at radius 3 is 2.40 bits per heavy atom. The summed E-state index contributed by atoms with van der Waals surface area (Å²) in [5.74, 6) is 0.573. The molecule has 0 aliphatic rings. The van der Waals surface area contributed by atoms with Crippen LogP contribution in [-0.2, 0) is 14.8 Å². The number of rotatable bonds is 8. The van der Waals surface area contributed by atoms with Crippen LogP contribution in [0.1, 0.15) is 20.3 Å². The molecule has 0 saturated heterocycles. The van der Waals surface area contributed by atoms with Crippen LogP contribution in [0.3, 0.4) is 0 Å². The molecule has 92 valence electrons. The second-order valence-corrected chi connectivity index (χ2v) is 6.45. The van der Waals surface area contributed by atoms with Crippen molar-refractivity contribution in [2.24, 2.45) is 5.92 Å². The molecule has 15 heavy (non-hydrogen) atoms. The van der Waals surface area contributed by atoms with Crippen LogP contribution in [0.5, 0.6) is 0 Å². The quantitative estimate of drug-likeness (QED) is 0.689. The minimum atomic E-state index is -3.17. The first-order chi connectivity index (χ1) is 6.91. The van der Waals surface area contributed by atoms with Crippen molar-refractivity contribution in [2.45, 2.75) is 26.3 Å². The van der Waals surface area contributed by atoms with Gasteiger partial charge < -0.3 is 4.74 Å². The van der Waals surface area contributed by atoms with Crippen molar-refractivity contribution in [3.8, 4) is 0 Å². The number of halogens is 1. The first kappa shape index (κ1) is 15.3. The summed E-state index contributed by atoms with van der Waals surface area (Å²) >= 11 is 3.24. The summed E-state index contributed by atoms with van der Waals surface area (Å²) in [6.07, 6.45) is 0.678. The second-order valence-electron chi connectivity index (χ2n) is 3.93. The molecule has 0 aromatic heterocycles. The molecule has 0 bridgehead atoms. The third-order valence-electron chi connectivity index (χ3n) is 1.86. The number of alkyl halides is 1. The van der Waals surface area contributed by atoms with Crippen LogP contribution >= 0.6 is 15.9 Å². The Labute approximate surface area is 101 Å². The molecule has 0 aromatic carbocycles. The minimum Gasteiger partial charge on any atom is -0.383 e. The number of hydrogen-bond acceptors (Lipinski definition) is 3. The van der Waals surface area contributed by atoms with Gasteiger partial charge in [0.25, 0.3) is 0 Å². The van der Waals surface area contributed by atoms with E-state index in [1.54, 1.807) is 7.11 Å². The van der Waals surface area contributed by atoms with Crippen LogP contribution in [-0.4, -0.2) is 39.3 Å². The molecule has 1 atom stereocenters. The number of sulfonamides is 1. The highest BCUT2D eigenvalue weighted by molar-refractivity contribution is 9.09. The lowest BCUT2D eigenvalue weighted by Gasteiger charge is -2.15. The van der Waals surface area contributed by atoms with Gasteiger partial charge in [-0.25, -0.2) is 13.1 Å². The van der Waals surface area contributed by atoms with Crippen LogP contribution in [0.2, 0.25) is 0 Å². The van der Waals surface area contributed by atoms with E-state index in [2.05, 4.69) is 20.7 Å². The van der Waals surface area contributed by atoms with Crippen molar-refractivity contribution in [3.63, 3.8) is 0 Å². The molecule has 1 N–H and O–H groups in total. The Morgan fingerprint density at radius 1 is 1.40 bits per heavy atom. The van der Waals surface area contributed by atoms with Gasteiger partial charge in [0, 0.05) is 12.4 Å².